The molecule has 138 valence electrons. The van der Waals surface area contributed by atoms with Crippen molar-refractivity contribution in [1.29, 1.82) is 0 Å². The van der Waals surface area contributed by atoms with E-state index in [1.807, 2.05) is 0 Å². The van der Waals surface area contributed by atoms with E-state index < -0.39 is 17.9 Å². The number of nitrogens with one attached hydrogen (secondary N) is 1. The van der Waals surface area contributed by atoms with Crippen LogP contribution in [0.2, 0.25) is 5.02 Å². The third kappa shape index (κ3) is 4.68. The molecule has 1 amide bonds. The predicted octanol–water partition coefficient (Wildman–Crippen LogP) is 3.74. The van der Waals surface area contributed by atoms with Gasteiger partial charge in [0.1, 0.15) is 5.75 Å². The summed E-state index contributed by atoms with van der Waals surface area (Å²) in [5.41, 5.74) is -0.0279. The van der Waals surface area contributed by atoms with Gasteiger partial charge in [0.25, 0.3) is 5.91 Å². The van der Waals surface area contributed by atoms with Crippen molar-refractivity contribution < 1.29 is 18.3 Å². The van der Waals surface area contributed by atoms with Crippen LogP contribution in [0.1, 0.15) is 10.5 Å². The second kappa shape index (κ2) is 7.96. The first-order valence-electron chi connectivity index (χ1n) is 7.64. The molecule has 0 aliphatic rings. The molecule has 3 rings (SSSR count). The third-order valence-corrected chi connectivity index (χ3v) is 3.67. The fraction of sp³-hybridized carbons (Fsp3) is 0.0556. The lowest BCUT2D eigenvalue weighted by molar-refractivity contribution is -0.0498. The van der Waals surface area contributed by atoms with Gasteiger partial charge < -0.3 is 10.1 Å². The number of benzene rings is 2. The molecular weight excluding hydrogens is 380 g/mol. The SMILES string of the molecule is O=C(Nc1ccc(OC(F)F)cc1)c1nn(-c2cccc(Cl)c2)ccc1=O. The van der Waals surface area contributed by atoms with Gasteiger partial charge in [-0.05, 0) is 42.5 Å². The molecule has 0 fully saturated rings. The topological polar surface area (TPSA) is 73.2 Å². The zero-order chi connectivity index (χ0) is 19.4. The van der Waals surface area contributed by atoms with Gasteiger partial charge >= 0.3 is 6.61 Å². The molecule has 1 heterocycles. The fourth-order valence-corrected chi connectivity index (χ4v) is 2.42. The minimum Gasteiger partial charge on any atom is -0.435 e. The molecule has 1 N–H and O–H groups in total. The molecule has 0 atom stereocenters. The number of rotatable bonds is 5. The summed E-state index contributed by atoms with van der Waals surface area (Å²) in [6.45, 7) is -2.94. The van der Waals surface area contributed by atoms with Crippen molar-refractivity contribution in [3.05, 3.63) is 81.7 Å². The summed E-state index contributed by atoms with van der Waals surface area (Å²) in [5, 5.41) is 7.01. The van der Waals surface area contributed by atoms with Gasteiger partial charge in [0, 0.05) is 23.0 Å². The zero-order valence-electron chi connectivity index (χ0n) is 13.6. The molecule has 27 heavy (non-hydrogen) atoms. The van der Waals surface area contributed by atoms with Crippen LogP contribution in [0.4, 0.5) is 14.5 Å². The van der Waals surface area contributed by atoms with Gasteiger partial charge in [0.15, 0.2) is 5.69 Å². The van der Waals surface area contributed by atoms with Crippen LogP contribution in [0, 0.1) is 0 Å². The standard InChI is InChI=1S/C18H12ClF2N3O3/c19-11-2-1-3-13(10-11)24-9-8-15(25)16(23-24)17(26)22-12-4-6-14(7-5-12)27-18(20)21/h1-10,18H,(H,22,26). The Kier molecular flexibility index (Phi) is 5.46. The lowest BCUT2D eigenvalue weighted by Crippen LogP contribution is -2.25. The number of nitrogens with zero attached hydrogens (tertiary/aromatic N) is 2. The van der Waals surface area contributed by atoms with Crippen LogP contribution >= 0.6 is 11.6 Å². The average molecular weight is 392 g/mol. The number of aromatic nitrogens is 2. The van der Waals surface area contributed by atoms with Crippen molar-refractivity contribution >= 4 is 23.2 Å². The molecule has 0 bridgehead atoms. The summed E-state index contributed by atoms with van der Waals surface area (Å²) < 4.78 is 29.9. The summed E-state index contributed by atoms with van der Waals surface area (Å²) >= 11 is 5.94. The summed E-state index contributed by atoms with van der Waals surface area (Å²) in [6, 6.07) is 13.2. The van der Waals surface area contributed by atoms with Crippen molar-refractivity contribution in [2.75, 3.05) is 5.32 Å². The quantitative estimate of drug-likeness (QED) is 0.719. The molecule has 0 radical (unpaired) electrons. The first-order chi connectivity index (χ1) is 12.9. The summed E-state index contributed by atoms with van der Waals surface area (Å²) in [6.07, 6.45) is 1.42. The van der Waals surface area contributed by atoms with E-state index in [9.17, 15) is 18.4 Å². The maximum absolute atomic E-state index is 12.4. The lowest BCUT2D eigenvalue weighted by atomic mass is 10.2. The smallest absolute Gasteiger partial charge is 0.387 e. The Morgan fingerprint density at radius 2 is 1.89 bits per heavy atom. The molecular formula is C18H12ClF2N3O3. The Bertz CT molecular complexity index is 1020. The van der Waals surface area contributed by atoms with Gasteiger partial charge in [0.2, 0.25) is 5.43 Å². The van der Waals surface area contributed by atoms with Crippen LogP contribution in [0.15, 0.2) is 65.6 Å². The van der Waals surface area contributed by atoms with Gasteiger partial charge in [0.05, 0.1) is 5.69 Å². The first-order valence-corrected chi connectivity index (χ1v) is 8.02. The number of halogens is 3. The Balaban J connectivity index is 1.82. The number of amides is 1. The average Bonchev–Trinajstić information content (AvgIpc) is 2.63. The van der Waals surface area contributed by atoms with E-state index in [0.29, 0.717) is 16.4 Å². The molecule has 3 aromatic rings. The van der Waals surface area contributed by atoms with E-state index in [-0.39, 0.29) is 11.4 Å². The van der Waals surface area contributed by atoms with Gasteiger partial charge in [-0.15, -0.1) is 0 Å². The van der Waals surface area contributed by atoms with Crippen molar-refractivity contribution in [3.63, 3.8) is 0 Å². The van der Waals surface area contributed by atoms with Crippen molar-refractivity contribution in [1.82, 2.24) is 9.78 Å². The Hall–Kier alpha value is -3.26. The highest BCUT2D eigenvalue weighted by atomic mass is 35.5. The van der Waals surface area contributed by atoms with Crippen LogP contribution in [-0.4, -0.2) is 22.3 Å². The molecule has 0 saturated heterocycles. The molecule has 0 unspecified atom stereocenters. The minimum atomic E-state index is -2.94. The van der Waals surface area contributed by atoms with Crippen LogP contribution in [-0.2, 0) is 0 Å². The van der Waals surface area contributed by atoms with Crippen LogP contribution in [0.5, 0.6) is 5.75 Å². The van der Waals surface area contributed by atoms with E-state index in [2.05, 4.69) is 15.2 Å². The molecule has 0 aliphatic carbocycles. The van der Waals surface area contributed by atoms with Crippen molar-refractivity contribution in [2.45, 2.75) is 6.61 Å². The molecule has 9 heteroatoms. The zero-order valence-corrected chi connectivity index (χ0v) is 14.4. The Morgan fingerprint density at radius 1 is 1.15 bits per heavy atom. The highest BCUT2D eigenvalue weighted by Gasteiger charge is 2.14. The van der Waals surface area contributed by atoms with Gasteiger partial charge in [-0.1, -0.05) is 17.7 Å². The highest BCUT2D eigenvalue weighted by molar-refractivity contribution is 6.30. The predicted molar refractivity (Wildman–Crippen MR) is 95.9 cm³/mol. The van der Waals surface area contributed by atoms with Gasteiger partial charge in [-0.25, -0.2) is 4.68 Å². The van der Waals surface area contributed by atoms with Crippen molar-refractivity contribution in [3.8, 4) is 11.4 Å². The van der Waals surface area contributed by atoms with Crippen LogP contribution < -0.4 is 15.5 Å². The van der Waals surface area contributed by atoms with E-state index in [1.165, 1.54) is 41.2 Å². The molecule has 2 aromatic carbocycles. The second-order valence-electron chi connectivity index (χ2n) is 5.31. The monoisotopic (exact) mass is 391 g/mol. The number of anilines is 1. The normalized spacial score (nSPS) is 10.7. The van der Waals surface area contributed by atoms with Crippen LogP contribution in [0.25, 0.3) is 5.69 Å². The molecule has 6 nitrogen and oxygen atoms in total. The summed E-state index contributed by atoms with van der Waals surface area (Å²) in [5.74, 6) is -0.789. The largest absolute Gasteiger partial charge is 0.435 e. The van der Waals surface area contributed by atoms with E-state index in [4.69, 9.17) is 11.6 Å². The number of hydrogen-bond acceptors (Lipinski definition) is 4. The van der Waals surface area contributed by atoms with E-state index >= 15 is 0 Å². The summed E-state index contributed by atoms with van der Waals surface area (Å²) in [7, 11) is 0. The fourth-order valence-electron chi connectivity index (χ4n) is 2.24. The lowest BCUT2D eigenvalue weighted by Gasteiger charge is -2.09. The van der Waals surface area contributed by atoms with E-state index in [0.717, 1.165) is 0 Å². The van der Waals surface area contributed by atoms with Gasteiger partial charge in [-0.2, -0.15) is 13.9 Å². The summed E-state index contributed by atoms with van der Waals surface area (Å²) in [4.78, 5) is 24.4. The third-order valence-electron chi connectivity index (χ3n) is 3.43. The number of carbonyl (C=O) groups is 1. The maximum atomic E-state index is 12.4. The second-order valence-corrected chi connectivity index (χ2v) is 5.75. The first kappa shape index (κ1) is 18.5. The number of ether oxygens (including phenoxy) is 1. The Labute approximate surface area is 157 Å². The van der Waals surface area contributed by atoms with E-state index in [1.54, 1.807) is 24.3 Å². The highest BCUT2D eigenvalue weighted by Crippen LogP contribution is 2.18. The molecule has 0 saturated carbocycles. The molecule has 1 aromatic heterocycles. The minimum absolute atomic E-state index is 0.0517. The maximum Gasteiger partial charge on any atom is 0.387 e. The number of hydrogen-bond donors (Lipinski definition) is 1. The molecule has 0 spiro atoms. The van der Waals surface area contributed by atoms with Crippen LogP contribution in [0.3, 0.4) is 0 Å². The van der Waals surface area contributed by atoms with Gasteiger partial charge in [-0.3, -0.25) is 9.59 Å². The molecule has 0 aliphatic heterocycles. The number of alkyl halides is 2. The Morgan fingerprint density at radius 3 is 2.56 bits per heavy atom. The van der Waals surface area contributed by atoms with Crippen molar-refractivity contribution in [2.24, 2.45) is 0 Å². The number of carbonyl (C=O) groups excluding carboxylic acids is 1.